The van der Waals surface area contributed by atoms with Crippen molar-refractivity contribution < 1.29 is 27.2 Å². The summed E-state index contributed by atoms with van der Waals surface area (Å²) in [5, 5.41) is 9.19. The third-order valence-corrected chi connectivity index (χ3v) is 3.22. The number of aliphatic hydroxyl groups is 1. The molecule has 1 aromatic heterocycles. The highest BCUT2D eigenvalue weighted by Crippen LogP contribution is 2.34. The number of halogens is 1. The summed E-state index contributed by atoms with van der Waals surface area (Å²) in [6.07, 6.45) is 5.66. The molecule has 0 saturated carbocycles. The van der Waals surface area contributed by atoms with Crippen molar-refractivity contribution in [3.05, 3.63) is 48.0 Å². The number of aromatic nitrogens is 1. The maximum absolute atomic E-state index is 13.6. The molecule has 8 heteroatoms. The Hall–Kier alpha value is -1.90. The second kappa shape index (κ2) is 7.12. The Balaban J connectivity index is 0.000000338. The lowest BCUT2D eigenvalue weighted by atomic mass is 10.0. The van der Waals surface area contributed by atoms with Gasteiger partial charge in [0.1, 0.15) is 17.7 Å². The minimum absolute atomic E-state index is 0.0120. The number of hydrogen-bond donors (Lipinski definition) is 2. The average Bonchev–Trinajstić information content (AvgIpc) is 2.98. The van der Waals surface area contributed by atoms with Crippen molar-refractivity contribution in [2.45, 2.75) is 18.9 Å². The van der Waals surface area contributed by atoms with Crippen molar-refractivity contribution >= 4 is 10.1 Å². The topological polar surface area (TPSA) is 88.8 Å². The van der Waals surface area contributed by atoms with Gasteiger partial charge in [0.05, 0.1) is 18.6 Å². The predicted octanol–water partition coefficient (Wildman–Crippen LogP) is 1.81. The molecule has 2 aromatic rings. The summed E-state index contributed by atoms with van der Waals surface area (Å²) in [7, 11) is -3.67. The molecule has 0 saturated heterocycles. The molecule has 1 aromatic carbocycles. The van der Waals surface area contributed by atoms with E-state index < -0.39 is 10.1 Å². The molecule has 1 atom stereocenters. The largest absolute Gasteiger partial charge is 0.486 e. The summed E-state index contributed by atoms with van der Waals surface area (Å²) in [5.41, 5.74) is 1.55. The third-order valence-electron chi connectivity index (χ3n) is 3.22. The first kappa shape index (κ1) is 17.5. The van der Waals surface area contributed by atoms with Gasteiger partial charge in [-0.3, -0.25) is 4.55 Å². The highest BCUT2D eigenvalue weighted by atomic mass is 32.2. The molecular formula is C15H18FNO5S. The molecule has 2 heterocycles. The van der Waals surface area contributed by atoms with E-state index in [4.69, 9.17) is 9.29 Å². The second-order valence-corrected chi connectivity index (χ2v) is 6.66. The van der Waals surface area contributed by atoms with Crippen molar-refractivity contribution in [1.29, 1.82) is 0 Å². The number of fused-ring (bicyclic) bond motifs is 1. The lowest BCUT2D eigenvalue weighted by molar-refractivity contribution is 0.0975. The van der Waals surface area contributed by atoms with Gasteiger partial charge in [-0.1, -0.05) is 0 Å². The van der Waals surface area contributed by atoms with Gasteiger partial charge in [0.2, 0.25) is 0 Å². The number of nitrogens with zero attached hydrogens (tertiary/aromatic N) is 1. The number of hydrogen-bond acceptors (Lipinski definition) is 4. The van der Waals surface area contributed by atoms with Crippen LogP contribution in [0.15, 0.2) is 36.7 Å². The summed E-state index contributed by atoms with van der Waals surface area (Å²) in [6.45, 7) is -0.0120. The molecule has 2 N–H and O–H groups in total. The smallest absolute Gasteiger partial charge is 0.261 e. The summed E-state index contributed by atoms with van der Waals surface area (Å²) in [6, 6.07) is 6.72. The molecule has 1 aliphatic rings. The van der Waals surface area contributed by atoms with Gasteiger partial charge < -0.3 is 14.4 Å². The van der Waals surface area contributed by atoms with Gasteiger partial charge in [0.25, 0.3) is 10.1 Å². The van der Waals surface area contributed by atoms with Gasteiger partial charge in [0.15, 0.2) is 0 Å². The molecule has 1 aliphatic heterocycles. The van der Waals surface area contributed by atoms with Crippen LogP contribution in [-0.2, 0) is 16.5 Å². The zero-order valence-corrected chi connectivity index (χ0v) is 13.3. The molecule has 1 unspecified atom stereocenters. The minimum atomic E-state index is -3.67. The fraction of sp³-hybridized carbons (Fsp3) is 0.333. The fourth-order valence-corrected chi connectivity index (χ4v) is 2.31. The average molecular weight is 343 g/mol. The molecule has 126 valence electrons. The van der Waals surface area contributed by atoms with Crippen LogP contribution >= 0.6 is 0 Å². The summed E-state index contributed by atoms with van der Waals surface area (Å²) < 4.78 is 47.1. The number of ether oxygens (including phenoxy) is 1. The Kier molecular flexibility index (Phi) is 5.40. The van der Waals surface area contributed by atoms with E-state index in [9.17, 15) is 17.9 Å². The van der Waals surface area contributed by atoms with E-state index in [0.29, 0.717) is 17.7 Å². The summed E-state index contributed by atoms with van der Waals surface area (Å²) in [5.74, 6) is 0.418. The van der Waals surface area contributed by atoms with E-state index in [1.165, 1.54) is 12.1 Å². The molecule has 23 heavy (non-hydrogen) atoms. The lowest BCUT2D eigenvalue weighted by Gasteiger charge is -2.27. The van der Waals surface area contributed by atoms with Crippen molar-refractivity contribution in [3.8, 4) is 11.4 Å². The van der Waals surface area contributed by atoms with Crippen LogP contribution in [0.3, 0.4) is 0 Å². The van der Waals surface area contributed by atoms with E-state index in [2.05, 4.69) is 0 Å². The predicted molar refractivity (Wildman–Crippen MR) is 83.0 cm³/mol. The Labute approximate surface area is 133 Å². The maximum atomic E-state index is 13.6. The molecule has 6 nitrogen and oxygen atoms in total. The zero-order chi connectivity index (χ0) is 17.0. The van der Waals surface area contributed by atoms with E-state index in [-0.39, 0.29) is 18.5 Å². The van der Waals surface area contributed by atoms with Crippen LogP contribution in [0.25, 0.3) is 5.69 Å². The van der Waals surface area contributed by atoms with Crippen LogP contribution in [0, 0.1) is 5.82 Å². The molecule has 0 aliphatic carbocycles. The first-order chi connectivity index (χ1) is 10.8. The lowest BCUT2D eigenvalue weighted by Crippen LogP contribution is -2.27. The summed E-state index contributed by atoms with van der Waals surface area (Å²) >= 11 is 0. The minimum Gasteiger partial charge on any atom is -0.486 e. The van der Waals surface area contributed by atoms with Gasteiger partial charge in [-0.15, -0.1) is 0 Å². The van der Waals surface area contributed by atoms with Crippen LogP contribution in [0.4, 0.5) is 4.39 Å². The molecule has 0 amide bonds. The highest BCUT2D eigenvalue weighted by Gasteiger charge is 2.23. The van der Waals surface area contributed by atoms with Crippen LogP contribution in [0.5, 0.6) is 5.75 Å². The first-order valence-corrected chi connectivity index (χ1v) is 8.78. The molecule has 0 bridgehead atoms. The van der Waals surface area contributed by atoms with Crippen LogP contribution < -0.4 is 4.74 Å². The molecule has 0 radical (unpaired) electrons. The Bertz CT molecular complexity index is 750. The van der Waals surface area contributed by atoms with Gasteiger partial charge in [-0.2, -0.15) is 8.42 Å². The van der Waals surface area contributed by atoms with Crippen molar-refractivity contribution in [2.24, 2.45) is 0 Å². The maximum Gasteiger partial charge on any atom is 0.261 e. The highest BCUT2D eigenvalue weighted by molar-refractivity contribution is 7.85. The molecule has 0 fully saturated rings. The van der Waals surface area contributed by atoms with Crippen LogP contribution in [0.2, 0.25) is 0 Å². The van der Waals surface area contributed by atoms with Gasteiger partial charge in [0, 0.05) is 18.5 Å². The number of rotatable bonds is 2. The van der Waals surface area contributed by atoms with Crippen LogP contribution in [-0.4, -0.2) is 41.6 Å². The number of aliphatic hydroxyl groups excluding tert-OH is 1. The van der Waals surface area contributed by atoms with E-state index in [0.717, 1.165) is 18.4 Å². The van der Waals surface area contributed by atoms with Gasteiger partial charge >= 0.3 is 0 Å². The second-order valence-electron chi connectivity index (χ2n) is 5.20. The third kappa shape index (κ3) is 5.05. The van der Waals surface area contributed by atoms with Crippen molar-refractivity contribution in [2.75, 3.05) is 12.9 Å². The standard InChI is InChI=1S/C14H14FNO2.CH4O3S/c15-11-7-10-3-4-12(9-17)18-14(10)13(8-11)16-5-1-2-6-16;1-5(2,3)4/h1-2,5-8,12,17H,3-4,9H2;1H3,(H,2,3,4). The molecule has 3 rings (SSSR count). The van der Waals surface area contributed by atoms with E-state index in [1.54, 1.807) is 0 Å². The number of benzene rings is 1. The fourth-order valence-electron chi connectivity index (χ4n) is 2.31. The zero-order valence-electron chi connectivity index (χ0n) is 12.5. The van der Waals surface area contributed by atoms with E-state index >= 15 is 0 Å². The first-order valence-electron chi connectivity index (χ1n) is 6.93. The Morgan fingerprint density at radius 2 is 1.96 bits per heavy atom. The van der Waals surface area contributed by atoms with Crippen molar-refractivity contribution in [1.82, 2.24) is 4.57 Å². The monoisotopic (exact) mass is 343 g/mol. The number of aryl methyl sites for hydroxylation is 1. The SMILES string of the molecule is CS(=O)(=O)O.OCC1CCc2cc(F)cc(-n3cccc3)c2O1. The molecule has 0 spiro atoms. The quantitative estimate of drug-likeness (QED) is 0.812. The Morgan fingerprint density at radius 1 is 1.35 bits per heavy atom. The van der Waals surface area contributed by atoms with E-state index in [1.807, 2.05) is 29.1 Å². The van der Waals surface area contributed by atoms with Gasteiger partial charge in [-0.05, 0) is 36.6 Å². The Morgan fingerprint density at radius 3 is 2.52 bits per heavy atom. The summed E-state index contributed by atoms with van der Waals surface area (Å²) in [4.78, 5) is 0. The normalized spacial score (nSPS) is 16.8. The van der Waals surface area contributed by atoms with Gasteiger partial charge in [-0.25, -0.2) is 4.39 Å². The van der Waals surface area contributed by atoms with Crippen molar-refractivity contribution in [3.63, 3.8) is 0 Å². The van der Waals surface area contributed by atoms with Crippen LogP contribution in [0.1, 0.15) is 12.0 Å². The molecular weight excluding hydrogens is 325 g/mol.